The summed E-state index contributed by atoms with van der Waals surface area (Å²) in [7, 11) is 0. The maximum Gasteiger partial charge on any atom is 0.165 e. The highest BCUT2D eigenvalue weighted by atomic mass is 35.5. The molecule has 0 aromatic carbocycles. The summed E-state index contributed by atoms with van der Waals surface area (Å²) in [5, 5.41) is 17.9. The maximum absolute atomic E-state index is 10.5. The quantitative estimate of drug-likeness (QED) is 0.617. The highest BCUT2D eigenvalue weighted by molar-refractivity contribution is 6.09. The van der Waals surface area contributed by atoms with Crippen LogP contribution in [0.15, 0.2) is 0 Å². The molecule has 0 aliphatic rings. The summed E-state index contributed by atoms with van der Waals surface area (Å²) < 4.78 is 12.8. The summed E-state index contributed by atoms with van der Waals surface area (Å²) in [5.74, 6) is 0. The number of halogens is 3. The number of hydrogen-bond donors (Lipinski definition) is 2. The largest absolute Gasteiger partial charge is 0.394 e. The molecule has 4 atom stereocenters. The van der Waals surface area contributed by atoms with Crippen LogP contribution < -0.4 is 0 Å². The molecule has 6 nitrogen and oxygen atoms in total. The molecule has 0 saturated carbocycles. The number of carbonyl (C=O) groups is 1. The molecule has 15 heavy (non-hydrogen) atoms. The predicted octanol–water partition coefficient (Wildman–Crippen LogP) is 0.155. The summed E-state index contributed by atoms with van der Waals surface area (Å²) in [6, 6.07) is 0. The first-order valence-corrected chi connectivity index (χ1v) is 4.65. The molecular formula is C6H9Cl3O6. The number of aliphatic hydroxyl groups is 2. The molecule has 2 N–H and O–H groups in total. The lowest BCUT2D eigenvalue weighted by Gasteiger charge is -2.26. The molecule has 0 aliphatic carbocycles. The van der Waals surface area contributed by atoms with Crippen LogP contribution in [0.25, 0.3) is 0 Å². The van der Waals surface area contributed by atoms with Crippen molar-refractivity contribution in [3.63, 3.8) is 0 Å². The predicted molar refractivity (Wildman–Crippen MR) is 51.3 cm³/mol. The van der Waals surface area contributed by atoms with E-state index in [-0.39, 0.29) is 6.29 Å². The molecule has 0 amide bonds. The smallest absolute Gasteiger partial charge is 0.165 e. The van der Waals surface area contributed by atoms with Gasteiger partial charge in [0.25, 0.3) is 0 Å². The lowest BCUT2D eigenvalue weighted by Crippen LogP contribution is -2.47. The third-order valence-electron chi connectivity index (χ3n) is 1.66. The Labute approximate surface area is 101 Å². The molecule has 0 unspecified atom stereocenters. The van der Waals surface area contributed by atoms with Crippen LogP contribution in [0.5, 0.6) is 0 Å². The summed E-state index contributed by atoms with van der Waals surface area (Å²) in [6.45, 7) is -0.665. The second kappa shape index (κ2) is 8.49. The fourth-order valence-corrected chi connectivity index (χ4v) is 1.44. The standard InChI is InChI=1S/C6H9Cl3O6/c7-13-4(2-11)6(15-9)5(14-8)3(12)1-10/h2-6,10,12H,1H2/t3-,4+,5+,6-/m1/s1. The van der Waals surface area contributed by atoms with E-state index < -0.39 is 31.0 Å². The van der Waals surface area contributed by atoms with Crippen molar-refractivity contribution in [1.29, 1.82) is 0 Å². The Hall–Kier alpha value is 0.340. The van der Waals surface area contributed by atoms with Crippen LogP contribution in [-0.2, 0) is 17.7 Å². The van der Waals surface area contributed by atoms with Crippen LogP contribution in [0.1, 0.15) is 0 Å². The highest BCUT2D eigenvalue weighted by Gasteiger charge is 2.37. The molecule has 90 valence electrons. The normalized spacial score (nSPS) is 19.3. The van der Waals surface area contributed by atoms with E-state index in [0.29, 0.717) is 0 Å². The number of aliphatic hydroxyl groups excluding tert-OH is 2. The van der Waals surface area contributed by atoms with Gasteiger partial charge in [-0.3, -0.25) is 12.9 Å². The molecule has 0 aliphatic heterocycles. The molecule has 0 aromatic heterocycles. The summed E-state index contributed by atoms with van der Waals surface area (Å²) in [6.07, 6.45) is -4.95. The Morgan fingerprint density at radius 3 is 1.93 bits per heavy atom. The Morgan fingerprint density at radius 2 is 1.67 bits per heavy atom. The number of carbonyl (C=O) groups excluding carboxylic acids is 1. The third kappa shape index (κ3) is 4.38. The zero-order valence-electron chi connectivity index (χ0n) is 7.26. The van der Waals surface area contributed by atoms with E-state index in [1.54, 1.807) is 0 Å². The van der Waals surface area contributed by atoms with Crippen molar-refractivity contribution in [1.82, 2.24) is 0 Å². The Kier molecular flexibility index (Phi) is 8.68. The Morgan fingerprint density at radius 1 is 1.13 bits per heavy atom. The monoisotopic (exact) mass is 282 g/mol. The molecular weight excluding hydrogens is 274 g/mol. The third-order valence-corrected chi connectivity index (χ3v) is 2.27. The summed E-state index contributed by atoms with van der Waals surface area (Å²) in [4.78, 5) is 10.5. The zero-order chi connectivity index (χ0) is 11.8. The number of aldehydes is 1. The second-order valence-corrected chi connectivity index (χ2v) is 3.08. The van der Waals surface area contributed by atoms with Gasteiger partial charge in [-0.25, -0.2) is 0 Å². The first-order valence-electron chi connectivity index (χ1n) is 3.72. The SMILES string of the molecule is O=C[C@H](OCl)[C@@H](OCl)[C@@H](OCl)[C@H](O)CO. The van der Waals surface area contributed by atoms with Crippen LogP contribution in [-0.4, -0.2) is 47.5 Å². The molecule has 0 saturated heterocycles. The average Bonchev–Trinajstić information content (AvgIpc) is 2.28. The van der Waals surface area contributed by atoms with E-state index in [1.165, 1.54) is 0 Å². The molecule has 0 heterocycles. The molecule has 0 radical (unpaired) electrons. The van der Waals surface area contributed by atoms with E-state index in [1.807, 2.05) is 0 Å². The van der Waals surface area contributed by atoms with Gasteiger partial charge in [0.1, 0.15) is 18.3 Å². The molecule has 0 bridgehead atoms. The van der Waals surface area contributed by atoms with Crippen molar-refractivity contribution in [3.8, 4) is 0 Å². The van der Waals surface area contributed by atoms with Gasteiger partial charge >= 0.3 is 0 Å². The van der Waals surface area contributed by atoms with E-state index in [9.17, 15) is 9.90 Å². The minimum Gasteiger partial charge on any atom is -0.394 e. The molecule has 9 heteroatoms. The van der Waals surface area contributed by atoms with E-state index in [0.717, 1.165) is 0 Å². The van der Waals surface area contributed by atoms with Crippen LogP contribution in [0.2, 0.25) is 0 Å². The van der Waals surface area contributed by atoms with Crippen LogP contribution >= 0.6 is 35.6 Å². The van der Waals surface area contributed by atoms with Crippen molar-refractivity contribution in [2.75, 3.05) is 6.61 Å². The molecule has 0 spiro atoms. The van der Waals surface area contributed by atoms with Crippen molar-refractivity contribution in [3.05, 3.63) is 0 Å². The Balaban J connectivity index is 4.64. The van der Waals surface area contributed by atoms with Gasteiger partial charge in [-0.1, -0.05) is 0 Å². The summed E-state index contributed by atoms with van der Waals surface area (Å²) >= 11 is 15.1. The molecule has 0 aromatic rings. The van der Waals surface area contributed by atoms with Crippen molar-refractivity contribution in [2.45, 2.75) is 24.4 Å². The van der Waals surface area contributed by atoms with E-state index in [4.69, 9.17) is 40.7 Å². The van der Waals surface area contributed by atoms with Gasteiger partial charge in [0, 0.05) is 0 Å². The molecule has 0 fully saturated rings. The lowest BCUT2D eigenvalue weighted by atomic mass is 10.0. The fourth-order valence-electron chi connectivity index (χ4n) is 0.870. The average molecular weight is 283 g/mol. The van der Waals surface area contributed by atoms with Gasteiger partial charge in [-0.2, -0.15) is 0 Å². The van der Waals surface area contributed by atoms with E-state index >= 15 is 0 Å². The molecule has 0 rings (SSSR count). The lowest BCUT2D eigenvalue weighted by molar-refractivity contribution is -0.125. The van der Waals surface area contributed by atoms with Crippen LogP contribution in [0, 0.1) is 0 Å². The van der Waals surface area contributed by atoms with Gasteiger partial charge in [0.05, 0.1) is 42.2 Å². The Bertz CT molecular complexity index is 182. The summed E-state index contributed by atoms with van der Waals surface area (Å²) in [5.41, 5.74) is 0. The topological polar surface area (TPSA) is 85.2 Å². The van der Waals surface area contributed by atoms with Crippen LogP contribution in [0.3, 0.4) is 0 Å². The van der Waals surface area contributed by atoms with Crippen molar-refractivity contribution >= 4 is 41.9 Å². The zero-order valence-corrected chi connectivity index (χ0v) is 9.52. The fraction of sp³-hybridized carbons (Fsp3) is 0.833. The highest BCUT2D eigenvalue weighted by Crippen LogP contribution is 2.18. The van der Waals surface area contributed by atoms with Gasteiger partial charge in [-0.15, -0.1) is 0 Å². The minimum absolute atomic E-state index is 0.285. The second-order valence-electron chi connectivity index (χ2n) is 2.55. The first kappa shape index (κ1) is 15.3. The number of hydrogen-bond acceptors (Lipinski definition) is 6. The van der Waals surface area contributed by atoms with Gasteiger partial charge in [0.15, 0.2) is 12.4 Å². The van der Waals surface area contributed by atoms with Gasteiger partial charge < -0.3 is 15.0 Å². The maximum atomic E-state index is 10.5. The first-order chi connectivity index (χ1) is 7.15. The van der Waals surface area contributed by atoms with Crippen LogP contribution in [0.4, 0.5) is 0 Å². The van der Waals surface area contributed by atoms with Crippen molar-refractivity contribution < 1.29 is 27.9 Å². The number of rotatable bonds is 8. The van der Waals surface area contributed by atoms with Gasteiger partial charge in [0.2, 0.25) is 0 Å². The van der Waals surface area contributed by atoms with Crippen molar-refractivity contribution in [2.24, 2.45) is 0 Å². The minimum atomic E-state index is -1.40. The van der Waals surface area contributed by atoms with E-state index in [2.05, 4.69) is 12.9 Å². The van der Waals surface area contributed by atoms with Gasteiger partial charge in [-0.05, 0) is 0 Å².